The largest absolute Gasteiger partial charge is 0.335 e. The highest BCUT2D eigenvalue weighted by Gasteiger charge is 2.48. The molecule has 0 radical (unpaired) electrons. The van der Waals surface area contributed by atoms with Crippen LogP contribution in [-0.2, 0) is 11.2 Å². The van der Waals surface area contributed by atoms with Crippen LogP contribution in [0.2, 0.25) is 0 Å². The molecule has 3 nitrogen and oxygen atoms in total. The smallest absolute Gasteiger partial charge is 0.223 e. The van der Waals surface area contributed by atoms with Crippen LogP contribution < -0.4 is 0 Å². The van der Waals surface area contributed by atoms with Crippen LogP contribution >= 0.6 is 0 Å². The molecule has 1 aliphatic heterocycles. The normalized spacial score (nSPS) is 23.1. The van der Waals surface area contributed by atoms with Crippen molar-refractivity contribution < 1.29 is 4.79 Å². The summed E-state index contributed by atoms with van der Waals surface area (Å²) in [5.41, 5.74) is 1.42. The Bertz CT molecular complexity index is 536. The SMILES string of the molecule is CCN(C)[C@H]1CN(C(=O)CCc2ccccc2)C2(CCCCC2)C1. The van der Waals surface area contributed by atoms with Crippen molar-refractivity contribution in [3.8, 4) is 0 Å². The minimum Gasteiger partial charge on any atom is -0.335 e. The van der Waals surface area contributed by atoms with Gasteiger partial charge in [-0.05, 0) is 44.8 Å². The highest BCUT2D eigenvalue weighted by atomic mass is 16.2. The van der Waals surface area contributed by atoms with Gasteiger partial charge < -0.3 is 9.80 Å². The van der Waals surface area contributed by atoms with Crippen LogP contribution in [0.5, 0.6) is 0 Å². The second kappa shape index (κ2) is 7.69. The van der Waals surface area contributed by atoms with Gasteiger partial charge in [0.2, 0.25) is 5.91 Å². The fraction of sp³-hybridized carbons (Fsp3) is 0.667. The molecule has 1 aromatic rings. The van der Waals surface area contributed by atoms with Gasteiger partial charge in [-0.3, -0.25) is 4.79 Å². The molecule has 1 heterocycles. The Kier molecular flexibility index (Phi) is 5.60. The number of likely N-dealkylation sites (N-methyl/N-ethyl adjacent to an activating group) is 1. The molecular weight excluding hydrogens is 296 g/mol. The molecule has 0 N–H and O–H groups in total. The molecule has 3 heteroatoms. The maximum Gasteiger partial charge on any atom is 0.223 e. The number of nitrogens with zero attached hydrogens (tertiary/aromatic N) is 2. The van der Waals surface area contributed by atoms with Crippen LogP contribution in [0.3, 0.4) is 0 Å². The van der Waals surface area contributed by atoms with E-state index in [1.807, 2.05) is 6.07 Å². The number of carbonyl (C=O) groups is 1. The van der Waals surface area contributed by atoms with Gasteiger partial charge in [0, 0.05) is 24.5 Å². The van der Waals surface area contributed by atoms with Gasteiger partial charge in [-0.2, -0.15) is 0 Å². The van der Waals surface area contributed by atoms with Crippen molar-refractivity contribution in [3.63, 3.8) is 0 Å². The van der Waals surface area contributed by atoms with Crippen molar-refractivity contribution in [1.29, 1.82) is 0 Å². The van der Waals surface area contributed by atoms with E-state index in [2.05, 4.69) is 48.0 Å². The molecule has 0 unspecified atom stereocenters. The van der Waals surface area contributed by atoms with Crippen LogP contribution in [0.25, 0.3) is 0 Å². The van der Waals surface area contributed by atoms with E-state index in [-0.39, 0.29) is 5.54 Å². The fourth-order valence-electron chi connectivity index (χ4n) is 4.65. The lowest BCUT2D eigenvalue weighted by Crippen LogP contribution is -2.48. The third-order valence-corrected chi connectivity index (χ3v) is 6.26. The second-order valence-corrected chi connectivity index (χ2v) is 7.71. The Morgan fingerprint density at radius 3 is 2.58 bits per heavy atom. The molecule has 0 aromatic heterocycles. The van der Waals surface area contributed by atoms with E-state index in [0.29, 0.717) is 18.4 Å². The first kappa shape index (κ1) is 17.5. The highest BCUT2D eigenvalue weighted by Crippen LogP contribution is 2.43. The Labute approximate surface area is 147 Å². The second-order valence-electron chi connectivity index (χ2n) is 7.71. The minimum absolute atomic E-state index is 0.153. The Hall–Kier alpha value is -1.35. The lowest BCUT2D eigenvalue weighted by atomic mass is 9.79. The lowest BCUT2D eigenvalue weighted by molar-refractivity contribution is -0.136. The number of rotatable bonds is 5. The van der Waals surface area contributed by atoms with Crippen molar-refractivity contribution in [2.45, 2.75) is 69.9 Å². The summed E-state index contributed by atoms with van der Waals surface area (Å²) in [6, 6.07) is 10.9. The van der Waals surface area contributed by atoms with Crippen LogP contribution in [0.1, 0.15) is 57.4 Å². The number of hydrogen-bond acceptors (Lipinski definition) is 2. The summed E-state index contributed by atoms with van der Waals surface area (Å²) < 4.78 is 0. The first-order chi connectivity index (χ1) is 11.6. The summed E-state index contributed by atoms with van der Waals surface area (Å²) in [6.07, 6.45) is 9.00. The van der Waals surface area contributed by atoms with E-state index in [4.69, 9.17) is 0 Å². The number of aryl methyl sites for hydroxylation is 1. The highest BCUT2D eigenvalue weighted by molar-refractivity contribution is 5.78. The van der Waals surface area contributed by atoms with Crippen molar-refractivity contribution in [3.05, 3.63) is 35.9 Å². The van der Waals surface area contributed by atoms with Gasteiger partial charge in [-0.1, -0.05) is 56.5 Å². The van der Waals surface area contributed by atoms with Gasteiger partial charge in [0.25, 0.3) is 0 Å². The van der Waals surface area contributed by atoms with Gasteiger partial charge in [0.05, 0.1) is 0 Å². The van der Waals surface area contributed by atoms with E-state index < -0.39 is 0 Å². The molecule has 0 bridgehead atoms. The Morgan fingerprint density at radius 1 is 1.21 bits per heavy atom. The van der Waals surface area contributed by atoms with E-state index in [9.17, 15) is 4.79 Å². The van der Waals surface area contributed by atoms with E-state index in [1.54, 1.807) is 0 Å². The molecule has 1 spiro atoms. The van der Waals surface area contributed by atoms with Gasteiger partial charge >= 0.3 is 0 Å². The average Bonchev–Trinajstić information content (AvgIpc) is 2.99. The molecule has 24 heavy (non-hydrogen) atoms. The van der Waals surface area contributed by atoms with Crippen LogP contribution in [0.15, 0.2) is 30.3 Å². The molecule has 1 saturated carbocycles. The van der Waals surface area contributed by atoms with E-state index in [0.717, 1.165) is 19.5 Å². The third-order valence-electron chi connectivity index (χ3n) is 6.26. The number of benzene rings is 1. The predicted molar refractivity (Wildman–Crippen MR) is 99.0 cm³/mol. The molecule has 1 saturated heterocycles. The standard InChI is InChI=1S/C21H32N2O/c1-3-22(2)19-16-21(14-8-5-9-15-21)23(17-19)20(24)13-12-18-10-6-4-7-11-18/h4,6-7,10-11,19H,3,5,8-9,12-17H2,1-2H3/t19-/m1/s1. The molecule has 1 atom stereocenters. The summed E-state index contributed by atoms with van der Waals surface area (Å²) in [5, 5.41) is 0. The summed E-state index contributed by atoms with van der Waals surface area (Å²) in [5.74, 6) is 0.368. The van der Waals surface area contributed by atoms with Gasteiger partial charge in [0.1, 0.15) is 0 Å². The van der Waals surface area contributed by atoms with Gasteiger partial charge in [-0.15, -0.1) is 0 Å². The third kappa shape index (κ3) is 3.66. The fourth-order valence-corrected chi connectivity index (χ4v) is 4.65. The van der Waals surface area contributed by atoms with Gasteiger partial charge in [-0.25, -0.2) is 0 Å². The molecular formula is C21H32N2O. The summed E-state index contributed by atoms with van der Waals surface area (Å²) in [7, 11) is 2.21. The molecule has 2 aliphatic rings. The zero-order valence-corrected chi connectivity index (χ0v) is 15.3. The van der Waals surface area contributed by atoms with Gasteiger partial charge in [0.15, 0.2) is 0 Å². The molecule has 1 aliphatic carbocycles. The number of likely N-dealkylation sites (tertiary alicyclic amines) is 1. The summed E-state index contributed by atoms with van der Waals surface area (Å²) in [6.45, 7) is 4.21. The topological polar surface area (TPSA) is 23.6 Å². The quantitative estimate of drug-likeness (QED) is 0.819. The van der Waals surface area contributed by atoms with Crippen LogP contribution in [-0.4, -0.2) is 47.4 Å². The summed E-state index contributed by atoms with van der Waals surface area (Å²) in [4.78, 5) is 17.8. The maximum absolute atomic E-state index is 13.1. The Morgan fingerprint density at radius 2 is 1.92 bits per heavy atom. The molecule has 132 valence electrons. The van der Waals surface area contributed by atoms with Crippen molar-refractivity contribution >= 4 is 5.91 Å². The monoisotopic (exact) mass is 328 g/mol. The lowest BCUT2D eigenvalue weighted by Gasteiger charge is -2.41. The molecule has 2 fully saturated rings. The predicted octanol–water partition coefficient (Wildman–Crippen LogP) is 3.87. The van der Waals surface area contributed by atoms with E-state index >= 15 is 0 Å². The zero-order chi connectivity index (χ0) is 17.0. The van der Waals surface area contributed by atoms with Crippen molar-refractivity contribution in [2.75, 3.05) is 20.1 Å². The van der Waals surface area contributed by atoms with Crippen LogP contribution in [0, 0.1) is 0 Å². The number of amides is 1. The minimum atomic E-state index is 0.153. The molecule has 1 amide bonds. The zero-order valence-electron chi connectivity index (χ0n) is 15.3. The molecule has 3 rings (SSSR count). The molecule has 1 aromatic carbocycles. The number of carbonyl (C=O) groups excluding carboxylic acids is 1. The number of hydrogen-bond donors (Lipinski definition) is 0. The van der Waals surface area contributed by atoms with Crippen LogP contribution in [0.4, 0.5) is 0 Å². The first-order valence-electron chi connectivity index (χ1n) is 9.69. The summed E-state index contributed by atoms with van der Waals surface area (Å²) >= 11 is 0. The average molecular weight is 329 g/mol. The first-order valence-corrected chi connectivity index (χ1v) is 9.69. The van der Waals surface area contributed by atoms with Crippen molar-refractivity contribution in [2.24, 2.45) is 0 Å². The maximum atomic E-state index is 13.1. The van der Waals surface area contributed by atoms with Crippen molar-refractivity contribution in [1.82, 2.24) is 9.80 Å². The van der Waals surface area contributed by atoms with E-state index in [1.165, 1.54) is 44.1 Å². The Balaban J connectivity index is 1.69.